The van der Waals surface area contributed by atoms with Gasteiger partial charge in [0.2, 0.25) is 0 Å². The van der Waals surface area contributed by atoms with E-state index in [-0.39, 0.29) is 16.2 Å². The van der Waals surface area contributed by atoms with Crippen molar-refractivity contribution in [3.8, 4) is 50.2 Å². The molecule has 13 aromatic rings. The SMILES string of the molecule is CC(C)(C)C1(C(C)(C)C)c2cc3cc(-c4ccc(-c5c6ccccc6c(-c6ccc7c(c6)c6ccccc6n7-c6ccccc6)c6ccccc56)cc4)ccc3cc2-c2c1c1ccccc1c1ccccc21. The Balaban J connectivity index is 0.908. The van der Waals surface area contributed by atoms with Crippen molar-refractivity contribution in [2.45, 2.75) is 47.0 Å². The molecule has 0 fully saturated rings. The van der Waals surface area contributed by atoms with Gasteiger partial charge in [0, 0.05) is 21.9 Å². The first-order valence-corrected chi connectivity index (χ1v) is 25.7. The van der Waals surface area contributed by atoms with Gasteiger partial charge in [-0.3, -0.25) is 0 Å². The normalized spacial score (nSPS) is 13.5. The quantitative estimate of drug-likeness (QED) is 0.122. The number of rotatable bonds is 4. The topological polar surface area (TPSA) is 4.93 Å². The number of hydrogen-bond acceptors (Lipinski definition) is 0. The third kappa shape index (κ3) is 5.88. The molecule has 14 rings (SSSR count). The molecule has 1 aromatic heterocycles. The van der Waals surface area contributed by atoms with Gasteiger partial charge < -0.3 is 4.57 Å². The van der Waals surface area contributed by atoms with Crippen LogP contribution in [0.15, 0.2) is 224 Å². The van der Waals surface area contributed by atoms with Gasteiger partial charge in [-0.05, 0) is 169 Å². The van der Waals surface area contributed by atoms with Crippen LogP contribution in [0, 0.1) is 10.8 Å². The predicted molar refractivity (Wildman–Crippen MR) is 310 cm³/mol. The molecule has 0 amide bonds. The average Bonchev–Trinajstić information content (AvgIpc) is 3.91. The lowest BCUT2D eigenvalue weighted by molar-refractivity contribution is 0.0965. The Bertz CT molecular complexity index is 4310. The summed E-state index contributed by atoms with van der Waals surface area (Å²) in [6.45, 7) is 14.8. The molecule has 1 heterocycles. The van der Waals surface area contributed by atoms with Crippen molar-refractivity contribution < 1.29 is 0 Å². The second-order valence-corrected chi connectivity index (χ2v) is 22.4. The third-order valence-corrected chi connectivity index (χ3v) is 16.6. The Hall–Kier alpha value is -8.26. The summed E-state index contributed by atoms with van der Waals surface area (Å²) >= 11 is 0. The van der Waals surface area contributed by atoms with Gasteiger partial charge in [-0.25, -0.2) is 0 Å². The first-order valence-electron chi connectivity index (χ1n) is 25.7. The number of fused-ring (bicyclic) bond motifs is 14. The minimum atomic E-state index is -0.267. The summed E-state index contributed by atoms with van der Waals surface area (Å²) in [5.74, 6) is 0. The molecule has 0 spiro atoms. The Kier molecular flexibility index (Phi) is 9.09. The first kappa shape index (κ1) is 42.6. The van der Waals surface area contributed by atoms with Gasteiger partial charge in [0.25, 0.3) is 0 Å². The summed E-state index contributed by atoms with van der Waals surface area (Å²) in [6, 6.07) is 84.4. The second-order valence-electron chi connectivity index (χ2n) is 22.4. The fourth-order valence-corrected chi connectivity index (χ4v) is 14.2. The molecule has 1 aliphatic rings. The number of hydrogen-bond donors (Lipinski definition) is 0. The molecular formula is C71H55N. The molecule has 0 unspecified atom stereocenters. The molecule has 0 saturated carbocycles. The zero-order valence-corrected chi connectivity index (χ0v) is 41.8. The van der Waals surface area contributed by atoms with Crippen LogP contribution in [0.25, 0.3) is 126 Å². The summed E-state index contributed by atoms with van der Waals surface area (Å²) in [5.41, 5.74) is 16.3. The summed E-state index contributed by atoms with van der Waals surface area (Å²) in [6.07, 6.45) is 0. The number of nitrogens with zero attached hydrogens (tertiary/aromatic N) is 1. The van der Waals surface area contributed by atoms with Crippen LogP contribution in [-0.2, 0) is 5.41 Å². The van der Waals surface area contributed by atoms with Crippen molar-refractivity contribution in [1.29, 1.82) is 0 Å². The Morgan fingerprint density at radius 1 is 0.306 bits per heavy atom. The fourth-order valence-electron chi connectivity index (χ4n) is 14.2. The van der Waals surface area contributed by atoms with E-state index in [2.05, 4.69) is 271 Å². The van der Waals surface area contributed by atoms with Gasteiger partial charge in [0.15, 0.2) is 0 Å². The van der Waals surface area contributed by atoms with Crippen LogP contribution in [0.2, 0.25) is 0 Å². The minimum Gasteiger partial charge on any atom is -0.309 e. The van der Waals surface area contributed by atoms with Crippen LogP contribution in [-0.4, -0.2) is 4.57 Å². The van der Waals surface area contributed by atoms with Crippen molar-refractivity contribution >= 4 is 75.7 Å². The first-order chi connectivity index (χ1) is 35.0. The van der Waals surface area contributed by atoms with E-state index in [0.29, 0.717) is 0 Å². The van der Waals surface area contributed by atoms with E-state index in [1.807, 2.05) is 0 Å². The standard InChI is InChI=1S/C71H55N/c1-69(2,3)71(70(4,5)6)62-43-49-40-46(36-37-47(49)41-61(62)67-54-25-12-10-22-51(54)52-23-11-17-30-59(52)68(67)71)44-32-34-45(35-33-44)65-55-26-13-15-28-57(55)66(58-29-16-14-27-56(58)65)48-38-39-64-60(42-48)53-24-18-19-31-63(53)72(64)50-20-8-7-9-21-50/h7-43H,1-6H3. The number of aromatic nitrogens is 1. The van der Waals surface area contributed by atoms with Crippen LogP contribution in [0.1, 0.15) is 52.7 Å². The molecule has 0 aliphatic heterocycles. The molecule has 0 saturated heterocycles. The molecule has 0 N–H and O–H groups in total. The van der Waals surface area contributed by atoms with Gasteiger partial charge in [0.05, 0.1) is 11.0 Å². The maximum absolute atomic E-state index is 2.57. The maximum Gasteiger partial charge on any atom is 0.0541 e. The lowest BCUT2D eigenvalue weighted by Crippen LogP contribution is -2.50. The van der Waals surface area contributed by atoms with Gasteiger partial charge in [-0.1, -0.05) is 217 Å². The van der Waals surface area contributed by atoms with Crippen LogP contribution in [0.4, 0.5) is 0 Å². The minimum absolute atomic E-state index is 0.0953. The van der Waals surface area contributed by atoms with E-state index in [0.717, 1.165) is 0 Å². The van der Waals surface area contributed by atoms with E-state index in [9.17, 15) is 0 Å². The number of para-hydroxylation sites is 2. The monoisotopic (exact) mass is 921 g/mol. The Morgan fingerprint density at radius 3 is 1.38 bits per heavy atom. The largest absolute Gasteiger partial charge is 0.309 e. The van der Waals surface area contributed by atoms with Crippen molar-refractivity contribution in [3.63, 3.8) is 0 Å². The zero-order valence-electron chi connectivity index (χ0n) is 41.8. The average molecular weight is 922 g/mol. The lowest BCUT2D eigenvalue weighted by atomic mass is 9.49. The maximum atomic E-state index is 2.57. The molecule has 0 bridgehead atoms. The molecule has 0 atom stereocenters. The number of benzene rings is 12. The lowest BCUT2D eigenvalue weighted by Gasteiger charge is -2.53. The van der Waals surface area contributed by atoms with E-state index in [4.69, 9.17) is 0 Å². The van der Waals surface area contributed by atoms with Crippen LogP contribution < -0.4 is 0 Å². The van der Waals surface area contributed by atoms with Crippen molar-refractivity contribution in [1.82, 2.24) is 4.57 Å². The van der Waals surface area contributed by atoms with Crippen molar-refractivity contribution in [2.75, 3.05) is 0 Å². The molecular weight excluding hydrogens is 867 g/mol. The third-order valence-electron chi connectivity index (χ3n) is 16.6. The Morgan fingerprint density at radius 2 is 0.764 bits per heavy atom. The van der Waals surface area contributed by atoms with E-state index >= 15 is 0 Å². The highest BCUT2D eigenvalue weighted by Gasteiger charge is 2.58. The molecule has 344 valence electrons. The molecule has 0 radical (unpaired) electrons. The smallest absolute Gasteiger partial charge is 0.0541 e. The van der Waals surface area contributed by atoms with Gasteiger partial charge in [0.1, 0.15) is 0 Å². The summed E-state index contributed by atoms with van der Waals surface area (Å²) in [7, 11) is 0. The van der Waals surface area contributed by atoms with Crippen molar-refractivity contribution in [2.24, 2.45) is 10.8 Å². The van der Waals surface area contributed by atoms with Crippen LogP contribution >= 0.6 is 0 Å². The van der Waals surface area contributed by atoms with Crippen LogP contribution in [0.5, 0.6) is 0 Å². The predicted octanol–water partition coefficient (Wildman–Crippen LogP) is 19.9. The van der Waals surface area contributed by atoms with Crippen LogP contribution in [0.3, 0.4) is 0 Å². The Labute approximate surface area is 421 Å². The molecule has 1 aliphatic carbocycles. The molecule has 1 nitrogen and oxygen atoms in total. The zero-order chi connectivity index (χ0) is 48.7. The summed E-state index contributed by atoms with van der Waals surface area (Å²) < 4.78 is 2.40. The fraction of sp³-hybridized carbons (Fsp3) is 0.127. The molecule has 12 aromatic carbocycles. The van der Waals surface area contributed by atoms with E-state index in [1.165, 1.54) is 137 Å². The highest BCUT2D eigenvalue weighted by Crippen LogP contribution is 2.67. The second kappa shape index (κ2) is 15.4. The summed E-state index contributed by atoms with van der Waals surface area (Å²) in [5, 5.41) is 15.5. The summed E-state index contributed by atoms with van der Waals surface area (Å²) in [4.78, 5) is 0. The molecule has 72 heavy (non-hydrogen) atoms. The van der Waals surface area contributed by atoms with E-state index < -0.39 is 0 Å². The van der Waals surface area contributed by atoms with E-state index in [1.54, 1.807) is 0 Å². The van der Waals surface area contributed by atoms with Crippen molar-refractivity contribution in [3.05, 3.63) is 236 Å². The van der Waals surface area contributed by atoms with Gasteiger partial charge >= 0.3 is 0 Å². The van der Waals surface area contributed by atoms with Gasteiger partial charge in [-0.15, -0.1) is 0 Å². The molecule has 1 heteroatoms. The highest BCUT2D eigenvalue weighted by atomic mass is 15.0. The van der Waals surface area contributed by atoms with Gasteiger partial charge in [-0.2, -0.15) is 0 Å². The highest BCUT2D eigenvalue weighted by molar-refractivity contribution is 6.23.